The van der Waals surface area contributed by atoms with Gasteiger partial charge in [-0.3, -0.25) is 9.40 Å². The maximum atomic E-state index is 13.5. The van der Waals surface area contributed by atoms with Crippen molar-refractivity contribution in [3.05, 3.63) is 66.2 Å². The van der Waals surface area contributed by atoms with Crippen molar-refractivity contribution in [2.45, 2.75) is 25.5 Å². The van der Waals surface area contributed by atoms with Crippen molar-refractivity contribution in [2.24, 2.45) is 0 Å². The summed E-state index contributed by atoms with van der Waals surface area (Å²) in [5.74, 6) is 0. The molecule has 27 heavy (non-hydrogen) atoms. The predicted octanol–water partition coefficient (Wildman–Crippen LogP) is 4.68. The van der Waals surface area contributed by atoms with Gasteiger partial charge in [0.2, 0.25) is 0 Å². The van der Waals surface area contributed by atoms with Crippen LogP contribution in [0.15, 0.2) is 60.7 Å². The molecule has 1 saturated heterocycles. The fourth-order valence-corrected chi connectivity index (χ4v) is 4.58. The van der Waals surface area contributed by atoms with Gasteiger partial charge < -0.3 is 0 Å². The third kappa shape index (κ3) is 4.58. The predicted molar refractivity (Wildman–Crippen MR) is 101 cm³/mol. The molecule has 1 aliphatic rings. The molecule has 3 rings (SSSR count). The fourth-order valence-electron chi connectivity index (χ4n) is 2.94. The van der Waals surface area contributed by atoms with Crippen LogP contribution in [0.1, 0.15) is 25.5 Å². The van der Waals surface area contributed by atoms with Crippen molar-refractivity contribution in [3.63, 3.8) is 0 Å². The summed E-state index contributed by atoms with van der Waals surface area (Å²) in [6, 6.07) is 18.9. The molecule has 1 heterocycles. The molecule has 0 amide bonds. The standard InChI is InChI=1S/C19H24NO6P/c1-3-23-25-27(21,26-24-4-2)18-15-22-20(17-13-9-6-10-14-17)19(18)16-11-7-5-8-12-16/h5-14,18-19H,3-4,15H2,1-2H3. The molecule has 0 N–H and O–H groups in total. The summed E-state index contributed by atoms with van der Waals surface area (Å²) < 4.78 is 23.9. The maximum absolute atomic E-state index is 13.5. The minimum atomic E-state index is -3.79. The van der Waals surface area contributed by atoms with Gasteiger partial charge in [0, 0.05) is 0 Å². The second kappa shape index (κ2) is 9.46. The van der Waals surface area contributed by atoms with E-state index >= 15 is 0 Å². The third-order valence-corrected chi connectivity index (χ3v) is 5.98. The van der Waals surface area contributed by atoms with E-state index in [1.807, 2.05) is 60.7 Å². The summed E-state index contributed by atoms with van der Waals surface area (Å²) in [5.41, 5.74) is 1.12. The van der Waals surface area contributed by atoms with Gasteiger partial charge >= 0.3 is 7.60 Å². The zero-order valence-corrected chi connectivity index (χ0v) is 16.3. The van der Waals surface area contributed by atoms with Crippen molar-refractivity contribution in [1.29, 1.82) is 0 Å². The van der Waals surface area contributed by atoms with Gasteiger partial charge in [-0.25, -0.2) is 14.8 Å². The van der Waals surface area contributed by atoms with Gasteiger partial charge in [-0.1, -0.05) is 48.5 Å². The van der Waals surface area contributed by atoms with Crippen molar-refractivity contribution in [2.75, 3.05) is 24.9 Å². The maximum Gasteiger partial charge on any atom is 0.392 e. The van der Waals surface area contributed by atoms with Crippen LogP contribution in [-0.2, 0) is 28.5 Å². The zero-order valence-electron chi connectivity index (χ0n) is 15.4. The zero-order chi connectivity index (χ0) is 19.1. The molecule has 0 saturated carbocycles. The molecular formula is C19H24NO6P. The molecule has 2 aromatic rings. The van der Waals surface area contributed by atoms with E-state index in [0.717, 1.165) is 11.3 Å². The molecule has 1 aliphatic heterocycles. The van der Waals surface area contributed by atoms with Crippen LogP contribution in [0.2, 0.25) is 0 Å². The Bertz CT molecular complexity index is 732. The summed E-state index contributed by atoms with van der Waals surface area (Å²) >= 11 is 0. The lowest BCUT2D eigenvalue weighted by Crippen LogP contribution is -2.28. The summed E-state index contributed by atoms with van der Waals surface area (Å²) in [6.45, 7) is 4.06. The highest BCUT2D eigenvalue weighted by molar-refractivity contribution is 7.54. The fraction of sp³-hybridized carbons (Fsp3) is 0.368. The van der Waals surface area contributed by atoms with E-state index in [-0.39, 0.29) is 19.8 Å². The average molecular weight is 393 g/mol. The van der Waals surface area contributed by atoms with Crippen LogP contribution in [0, 0.1) is 0 Å². The van der Waals surface area contributed by atoms with E-state index in [0.29, 0.717) is 0 Å². The number of benzene rings is 2. The van der Waals surface area contributed by atoms with Gasteiger partial charge in [-0.15, -0.1) is 9.35 Å². The van der Waals surface area contributed by atoms with Gasteiger partial charge in [0.25, 0.3) is 0 Å². The lowest BCUT2D eigenvalue weighted by Gasteiger charge is -2.29. The number of hydroxylamine groups is 1. The summed E-state index contributed by atoms with van der Waals surface area (Å²) in [7, 11) is -3.79. The Hall–Kier alpha value is -1.73. The van der Waals surface area contributed by atoms with E-state index in [2.05, 4.69) is 0 Å². The Morgan fingerprint density at radius 2 is 1.52 bits per heavy atom. The van der Waals surface area contributed by atoms with Crippen LogP contribution in [-0.4, -0.2) is 25.5 Å². The van der Waals surface area contributed by atoms with Gasteiger partial charge in [0.15, 0.2) is 0 Å². The van der Waals surface area contributed by atoms with Crippen LogP contribution >= 0.6 is 7.60 Å². The number of rotatable bonds is 9. The summed E-state index contributed by atoms with van der Waals surface area (Å²) in [4.78, 5) is 15.9. The molecule has 2 aromatic carbocycles. The van der Waals surface area contributed by atoms with Gasteiger partial charge in [-0.2, -0.15) is 0 Å². The minimum absolute atomic E-state index is 0.131. The van der Waals surface area contributed by atoms with Crippen LogP contribution in [0.4, 0.5) is 5.69 Å². The summed E-state index contributed by atoms with van der Waals surface area (Å²) in [5, 5.41) is 1.73. The Morgan fingerprint density at radius 3 is 2.07 bits per heavy atom. The van der Waals surface area contributed by atoms with Crippen LogP contribution in [0.3, 0.4) is 0 Å². The van der Waals surface area contributed by atoms with Crippen molar-refractivity contribution >= 4 is 13.3 Å². The molecule has 8 heteroatoms. The highest BCUT2D eigenvalue weighted by Crippen LogP contribution is 2.60. The third-order valence-electron chi connectivity index (χ3n) is 4.11. The van der Waals surface area contributed by atoms with E-state index < -0.39 is 19.3 Å². The Morgan fingerprint density at radius 1 is 0.963 bits per heavy atom. The molecule has 0 aromatic heterocycles. The van der Waals surface area contributed by atoms with Crippen molar-refractivity contribution < 1.29 is 28.5 Å². The smallest absolute Gasteiger partial charge is 0.272 e. The highest BCUT2D eigenvalue weighted by Gasteiger charge is 2.52. The Labute approximate surface area is 159 Å². The molecule has 2 atom stereocenters. The quantitative estimate of drug-likeness (QED) is 0.348. The molecule has 2 unspecified atom stereocenters. The highest BCUT2D eigenvalue weighted by atomic mass is 31.2. The van der Waals surface area contributed by atoms with E-state index in [9.17, 15) is 4.57 Å². The summed E-state index contributed by atoms with van der Waals surface area (Å²) in [6.07, 6.45) is 0. The molecule has 146 valence electrons. The molecular weight excluding hydrogens is 369 g/mol. The first-order chi connectivity index (χ1) is 13.2. The van der Waals surface area contributed by atoms with Crippen LogP contribution < -0.4 is 5.06 Å². The molecule has 0 bridgehead atoms. The molecule has 0 radical (unpaired) electrons. The number of nitrogens with zero attached hydrogens (tertiary/aromatic N) is 1. The second-order valence-corrected chi connectivity index (χ2v) is 7.92. The number of hydrogen-bond donors (Lipinski definition) is 0. The number of hydrogen-bond acceptors (Lipinski definition) is 7. The molecule has 1 fully saturated rings. The molecule has 0 spiro atoms. The van der Waals surface area contributed by atoms with Crippen molar-refractivity contribution in [1.82, 2.24) is 0 Å². The lowest BCUT2D eigenvalue weighted by atomic mass is 10.0. The molecule has 7 nitrogen and oxygen atoms in total. The topological polar surface area (TPSA) is 66.5 Å². The first-order valence-corrected chi connectivity index (χ1v) is 10.5. The lowest BCUT2D eigenvalue weighted by molar-refractivity contribution is -0.264. The molecule has 0 aliphatic carbocycles. The van der Waals surface area contributed by atoms with Gasteiger partial charge in [0.1, 0.15) is 5.66 Å². The SMILES string of the molecule is CCOOP(=O)(OOCC)C1CON(c2ccccc2)C1c1ccccc1. The largest absolute Gasteiger partial charge is 0.392 e. The van der Waals surface area contributed by atoms with Gasteiger partial charge in [-0.05, 0) is 31.5 Å². The first-order valence-electron chi connectivity index (χ1n) is 8.94. The van der Waals surface area contributed by atoms with Gasteiger partial charge in [0.05, 0.1) is 31.5 Å². The number of para-hydroxylation sites is 1. The Balaban J connectivity index is 1.98. The van der Waals surface area contributed by atoms with E-state index in [1.165, 1.54) is 0 Å². The number of anilines is 1. The van der Waals surface area contributed by atoms with Crippen LogP contribution in [0.25, 0.3) is 0 Å². The first kappa shape index (κ1) is 20.0. The second-order valence-electron chi connectivity index (χ2n) is 5.88. The normalized spacial score (nSPS) is 20.1. The van der Waals surface area contributed by atoms with Crippen LogP contribution in [0.5, 0.6) is 0 Å². The monoisotopic (exact) mass is 393 g/mol. The Kier molecular flexibility index (Phi) is 7.01. The van der Waals surface area contributed by atoms with E-state index in [4.69, 9.17) is 24.0 Å². The van der Waals surface area contributed by atoms with E-state index in [1.54, 1.807) is 18.9 Å². The average Bonchev–Trinajstić information content (AvgIpc) is 3.18. The van der Waals surface area contributed by atoms with Crippen molar-refractivity contribution in [3.8, 4) is 0 Å². The minimum Gasteiger partial charge on any atom is -0.272 e.